The van der Waals surface area contributed by atoms with Gasteiger partial charge in [-0.15, -0.1) is 0 Å². The van der Waals surface area contributed by atoms with Crippen LogP contribution in [-0.2, 0) is 15.6 Å². The zero-order chi connectivity index (χ0) is 14.5. The van der Waals surface area contributed by atoms with Crippen molar-refractivity contribution in [2.45, 2.75) is 4.90 Å². The lowest BCUT2D eigenvalue weighted by Gasteiger charge is -2.08. The van der Waals surface area contributed by atoms with Gasteiger partial charge >= 0.3 is 0 Å². The quantitative estimate of drug-likeness (QED) is 0.853. The Balaban J connectivity index is 2.03. The molecule has 3 N–H and O–H groups in total. The molecule has 0 aliphatic rings. The Hall–Kier alpha value is -1.85. The molecule has 1 unspecified atom stereocenters. The number of carbonyl (C=O) groups excluding carboxylic acids is 1. The zero-order valence-corrected chi connectivity index (χ0v) is 12.1. The molecule has 20 heavy (non-hydrogen) atoms. The normalized spacial score (nSPS) is 11.8. The Bertz CT molecular complexity index is 647. The fourth-order valence-corrected chi connectivity index (χ4v) is 2.70. The average Bonchev–Trinajstić information content (AvgIpc) is 2.43. The molecule has 2 rings (SSSR count). The van der Waals surface area contributed by atoms with E-state index >= 15 is 0 Å². The highest BCUT2D eigenvalue weighted by molar-refractivity contribution is 7.85. The molecule has 0 heterocycles. The molecule has 0 radical (unpaired) electrons. The van der Waals surface area contributed by atoms with E-state index in [2.05, 4.69) is 5.32 Å². The van der Waals surface area contributed by atoms with Crippen molar-refractivity contribution in [1.82, 2.24) is 0 Å². The van der Waals surface area contributed by atoms with Gasteiger partial charge in [-0.3, -0.25) is 9.00 Å². The van der Waals surface area contributed by atoms with Crippen LogP contribution < -0.4 is 11.1 Å². The highest BCUT2D eigenvalue weighted by atomic mass is 35.5. The highest BCUT2D eigenvalue weighted by Gasteiger charge is 2.11. The standard InChI is InChI=1S/C14H13ClN2O2S/c15-12-7-6-10(16)8-13(12)17-14(18)9-20(19)11-4-2-1-3-5-11/h1-8H,9,16H2,(H,17,18). The van der Waals surface area contributed by atoms with Gasteiger partial charge in [0.15, 0.2) is 0 Å². The molecule has 1 amide bonds. The first-order valence-electron chi connectivity index (χ1n) is 5.84. The first-order chi connectivity index (χ1) is 9.56. The molecule has 0 aliphatic heterocycles. The molecule has 0 fully saturated rings. The molecule has 2 aromatic carbocycles. The van der Waals surface area contributed by atoms with E-state index in [-0.39, 0.29) is 11.7 Å². The summed E-state index contributed by atoms with van der Waals surface area (Å²) in [5, 5.41) is 2.99. The summed E-state index contributed by atoms with van der Waals surface area (Å²) in [6, 6.07) is 13.6. The molecule has 0 bridgehead atoms. The topological polar surface area (TPSA) is 72.2 Å². The maximum Gasteiger partial charge on any atom is 0.237 e. The number of hydrogen-bond donors (Lipinski definition) is 2. The minimum atomic E-state index is -1.39. The molecule has 0 spiro atoms. The molecular formula is C14H13ClN2O2S. The van der Waals surface area contributed by atoms with E-state index < -0.39 is 10.8 Å². The van der Waals surface area contributed by atoms with Crippen LogP contribution in [0.25, 0.3) is 0 Å². The lowest BCUT2D eigenvalue weighted by atomic mass is 10.3. The molecule has 0 aromatic heterocycles. The van der Waals surface area contributed by atoms with Crippen LogP contribution in [0.15, 0.2) is 53.4 Å². The van der Waals surface area contributed by atoms with E-state index in [0.29, 0.717) is 21.3 Å². The van der Waals surface area contributed by atoms with Crippen molar-refractivity contribution in [2.24, 2.45) is 0 Å². The van der Waals surface area contributed by atoms with Crippen LogP contribution in [0, 0.1) is 0 Å². The van der Waals surface area contributed by atoms with Crippen LogP contribution in [-0.4, -0.2) is 15.9 Å². The Morgan fingerprint density at radius 3 is 2.60 bits per heavy atom. The van der Waals surface area contributed by atoms with Crippen molar-refractivity contribution < 1.29 is 9.00 Å². The molecule has 0 aliphatic carbocycles. The van der Waals surface area contributed by atoms with E-state index in [4.69, 9.17) is 17.3 Å². The van der Waals surface area contributed by atoms with E-state index in [1.807, 2.05) is 6.07 Å². The summed E-state index contributed by atoms with van der Waals surface area (Å²) in [5.41, 5.74) is 6.54. The fourth-order valence-electron chi connectivity index (χ4n) is 1.60. The van der Waals surface area contributed by atoms with Crippen molar-refractivity contribution in [1.29, 1.82) is 0 Å². The SMILES string of the molecule is Nc1ccc(Cl)c(NC(=O)CS(=O)c2ccccc2)c1. The maximum absolute atomic E-state index is 12.0. The number of nitrogens with one attached hydrogen (secondary N) is 1. The van der Waals surface area contributed by atoms with E-state index in [1.54, 1.807) is 42.5 Å². The summed E-state index contributed by atoms with van der Waals surface area (Å²) < 4.78 is 12.0. The third kappa shape index (κ3) is 3.82. The second-order valence-electron chi connectivity index (χ2n) is 4.09. The summed E-state index contributed by atoms with van der Waals surface area (Å²) in [6.07, 6.45) is 0. The van der Waals surface area contributed by atoms with Crippen molar-refractivity contribution in [3.8, 4) is 0 Å². The van der Waals surface area contributed by atoms with Gasteiger partial charge in [0.05, 0.1) is 21.5 Å². The van der Waals surface area contributed by atoms with Crippen molar-refractivity contribution >= 4 is 39.7 Å². The Morgan fingerprint density at radius 1 is 1.20 bits per heavy atom. The molecule has 0 saturated heterocycles. The summed E-state index contributed by atoms with van der Waals surface area (Å²) >= 11 is 5.95. The third-order valence-electron chi connectivity index (χ3n) is 2.53. The lowest BCUT2D eigenvalue weighted by molar-refractivity contribution is -0.113. The number of benzene rings is 2. The monoisotopic (exact) mass is 308 g/mol. The zero-order valence-electron chi connectivity index (χ0n) is 10.5. The molecule has 6 heteroatoms. The van der Waals surface area contributed by atoms with E-state index in [1.165, 1.54) is 0 Å². The number of anilines is 2. The van der Waals surface area contributed by atoms with E-state index in [0.717, 1.165) is 0 Å². The molecule has 2 aromatic rings. The Labute approximate surface area is 124 Å². The number of nitrogens with two attached hydrogens (primary N) is 1. The summed E-state index contributed by atoms with van der Waals surface area (Å²) in [5.74, 6) is -0.505. The molecular weight excluding hydrogens is 296 g/mol. The number of hydrogen-bond acceptors (Lipinski definition) is 3. The van der Waals surface area contributed by atoms with Gasteiger partial charge in [-0.25, -0.2) is 0 Å². The van der Waals surface area contributed by atoms with Crippen molar-refractivity contribution in [2.75, 3.05) is 16.8 Å². The minimum Gasteiger partial charge on any atom is -0.399 e. The largest absolute Gasteiger partial charge is 0.399 e. The average molecular weight is 309 g/mol. The molecule has 1 atom stereocenters. The van der Waals surface area contributed by atoms with Gasteiger partial charge < -0.3 is 11.1 Å². The summed E-state index contributed by atoms with van der Waals surface area (Å²) in [4.78, 5) is 12.5. The van der Waals surface area contributed by atoms with Crippen LogP contribution in [0.2, 0.25) is 5.02 Å². The van der Waals surface area contributed by atoms with Crippen molar-refractivity contribution in [3.63, 3.8) is 0 Å². The van der Waals surface area contributed by atoms with Crippen LogP contribution >= 0.6 is 11.6 Å². The number of carbonyl (C=O) groups is 1. The smallest absolute Gasteiger partial charge is 0.237 e. The van der Waals surface area contributed by atoms with Crippen LogP contribution in [0.4, 0.5) is 11.4 Å². The summed E-state index contributed by atoms with van der Waals surface area (Å²) in [6.45, 7) is 0. The molecule has 0 saturated carbocycles. The van der Waals surface area contributed by atoms with Gasteiger partial charge in [0.2, 0.25) is 5.91 Å². The first-order valence-corrected chi connectivity index (χ1v) is 7.54. The van der Waals surface area contributed by atoms with Gasteiger partial charge in [-0.05, 0) is 30.3 Å². The van der Waals surface area contributed by atoms with Crippen LogP contribution in [0.1, 0.15) is 0 Å². The van der Waals surface area contributed by atoms with Gasteiger partial charge in [0.1, 0.15) is 5.75 Å². The number of nitrogen functional groups attached to an aromatic ring is 1. The predicted octanol–water partition coefficient (Wildman–Crippen LogP) is 2.67. The van der Waals surface area contributed by atoms with Gasteiger partial charge in [0.25, 0.3) is 0 Å². The fraction of sp³-hybridized carbons (Fsp3) is 0.0714. The second-order valence-corrected chi connectivity index (χ2v) is 5.95. The Morgan fingerprint density at radius 2 is 1.90 bits per heavy atom. The van der Waals surface area contributed by atoms with Crippen LogP contribution in [0.3, 0.4) is 0 Å². The molecule has 4 nitrogen and oxygen atoms in total. The second kappa shape index (κ2) is 6.54. The van der Waals surface area contributed by atoms with Gasteiger partial charge in [-0.2, -0.15) is 0 Å². The van der Waals surface area contributed by atoms with E-state index in [9.17, 15) is 9.00 Å². The number of rotatable bonds is 4. The summed E-state index contributed by atoms with van der Waals surface area (Å²) in [7, 11) is -1.39. The Kier molecular flexibility index (Phi) is 4.76. The minimum absolute atomic E-state index is 0.130. The number of halogens is 1. The van der Waals surface area contributed by atoms with Gasteiger partial charge in [-0.1, -0.05) is 29.8 Å². The predicted molar refractivity (Wildman–Crippen MR) is 82.2 cm³/mol. The van der Waals surface area contributed by atoms with Crippen LogP contribution in [0.5, 0.6) is 0 Å². The first kappa shape index (κ1) is 14.6. The maximum atomic E-state index is 12.0. The lowest BCUT2D eigenvalue weighted by Crippen LogP contribution is -2.19. The van der Waals surface area contributed by atoms with Gasteiger partial charge in [0, 0.05) is 10.6 Å². The number of amides is 1. The third-order valence-corrected chi connectivity index (χ3v) is 4.18. The van der Waals surface area contributed by atoms with Crippen molar-refractivity contribution in [3.05, 3.63) is 53.6 Å². The highest BCUT2D eigenvalue weighted by Crippen LogP contribution is 2.24. The molecule has 104 valence electrons.